The van der Waals surface area contributed by atoms with Crippen LogP contribution in [0.25, 0.3) is 0 Å². The van der Waals surface area contributed by atoms with Crippen LogP contribution in [0.3, 0.4) is 0 Å². The number of rotatable bonds is 6. The van der Waals surface area contributed by atoms with Crippen LogP contribution in [-0.4, -0.2) is 12.2 Å². The third-order valence-electron chi connectivity index (χ3n) is 2.79. The van der Waals surface area contributed by atoms with E-state index >= 15 is 0 Å². The molecule has 0 aliphatic heterocycles. The molecule has 0 aliphatic rings. The van der Waals surface area contributed by atoms with Crippen molar-refractivity contribution in [1.29, 1.82) is 0 Å². The van der Waals surface area contributed by atoms with Gasteiger partial charge in [-0.25, -0.2) is 0 Å². The van der Waals surface area contributed by atoms with Gasteiger partial charge in [0.25, 0.3) is 0 Å². The minimum absolute atomic E-state index is 0.178. The Hall–Kier alpha value is -0.220. The lowest BCUT2D eigenvalue weighted by molar-refractivity contribution is 0.177. The van der Waals surface area contributed by atoms with E-state index in [0.717, 1.165) is 33.3 Å². The van der Waals surface area contributed by atoms with Gasteiger partial charge in [-0.15, -0.1) is 0 Å². The molecule has 2 nitrogen and oxygen atoms in total. The van der Waals surface area contributed by atoms with Crippen molar-refractivity contribution >= 4 is 31.9 Å². The maximum absolute atomic E-state index is 5.90. The van der Waals surface area contributed by atoms with Gasteiger partial charge in [-0.05, 0) is 70.7 Å². The van der Waals surface area contributed by atoms with Crippen LogP contribution in [-0.2, 0) is 0 Å². The van der Waals surface area contributed by atoms with Crippen molar-refractivity contribution in [1.82, 2.24) is 0 Å². The average molecular weight is 380 g/mol. The molecule has 0 heterocycles. The Balaban J connectivity index is 3.00. The van der Waals surface area contributed by atoms with Crippen LogP contribution in [0.15, 0.2) is 21.1 Å². The van der Waals surface area contributed by atoms with Gasteiger partial charge < -0.3 is 9.47 Å². The SMILES string of the molecule is CCC(C)Oc1cc(Br)c(Br)cc1OC(C)CC. The number of hydrogen-bond donors (Lipinski definition) is 0. The van der Waals surface area contributed by atoms with Gasteiger partial charge in [-0.2, -0.15) is 0 Å². The summed E-state index contributed by atoms with van der Waals surface area (Å²) in [5.74, 6) is 1.58. The summed E-state index contributed by atoms with van der Waals surface area (Å²) in [6.45, 7) is 8.33. The van der Waals surface area contributed by atoms with Crippen LogP contribution in [0.2, 0.25) is 0 Å². The lowest BCUT2D eigenvalue weighted by atomic mass is 10.2. The second-order valence-electron chi connectivity index (χ2n) is 4.39. The van der Waals surface area contributed by atoms with Gasteiger partial charge >= 0.3 is 0 Å². The van der Waals surface area contributed by atoms with E-state index in [1.807, 2.05) is 12.1 Å². The molecule has 102 valence electrons. The summed E-state index contributed by atoms with van der Waals surface area (Å²) < 4.78 is 13.7. The third-order valence-corrected chi connectivity index (χ3v) is 4.64. The molecule has 0 spiro atoms. The molecule has 1 aromatic rings. The smallest absolute Gasteiger partial charge is 0.162 e. The summed E-state index contributed by atoms with van der Waals surface area (Å²) in [5.41, 5.74) is 0. The van der Waals surface area contributed by atoms with E-state index < -0.39 is 0 Å². The van der Waals surface area contributed by atoms with Crippen molar-refractivity contribution in [3.05, 3.63) is 21.1 Å². The molecule has 4 heteroatoms. The van der Waals surface area contributed by atoms with Gasteiger partial charge in [0, 0.05) is 8.95 Å². The lowest BCUT2D eigenvalue weighted by Gasteiger charge is -2.20. The Labute approximate surface area is 126 Å². The fourth-order valence-corrected chi connectivity index (χ4v) is 1.94. The zero-order valence-corrected chi connectivity index (χ0v) is 14.5. The largest absolute Gasteiger partial charge is 0.487 e. The molecule has 0 radical (unpaired) electrons. The van der Waals surface area contributed by atoms with Gasteiger partial charge in [-0.1, -0.05) is 13.8 Å². The van der Waals surface area contributed by atoms with E-state index in [1.54, 1.807) is 0 Å². The molecule has 1 aromatic carbocycles. The number of ether oxygens (including phenoxy) is 2. The van der Waals surface area contributed by atoms with Crippen molar-refractivity contribution in [3.8, 4) is 11.5 Å². The van der Waals surface area contributed by atoms with Crippen molar-refractivity contribution in [2.45, 2.75) is 52.7 Å². The van der Waals surface area contributed by atoms with Crippen molar-refractivity contribution < 1.29 is 9.47 Å². The van der Waals surface area contributed by atoms with Gasteiger partial charge in [0.15, 0.2) is 11.5 Å². The molecular weight excluding hydrogens is 360 g/mol. The van der Waals surface area contributed by atoms with Crippen LogP contribution in [0.4, 0.5) is 0 Å². The third kappa shape index (κ3) is 4.47. The Morgan fingerprint density at radius 2 is 1.22 bits per heavy atom. The monoisotopic (exact) mass is 378 g/mol. The normalized spacial score (nSPS) is 14.1. The van der Waals surface area contributed by atoms with Crippen LogP contribution in [0, 0.1) is 0 Å². The summed E-state index contributed by atoms with van der Waals surface area (Å²) in [5, 5.41) is 0. The van der Waals surface area contributed by atoms with E-state index in [1.165, 1.54) is 0 Å². The van der Waals surface area contributed by atoms with Crippen LogP contribution < -0.4 is 9.47 Å². The summed E-state index contributed by atoms with van der Waals surface area (Å²) in [6, 6.07) is 3.90. The van der Waals surface area contributed by atoms with Gasteiger partial charge in [-0.3, -0.25) is 0 Å². The number of benzene rings is 1. The molecule has 1 rings (SSSR count). The predicted molar refractivity (Wildman–Crippen MR) is 82.6 cm³/mol. The standard InChI is InChI=1S/C14H20Br2O2/c1-5-9(3)17-13-7-11(15)12(16)8-14(13)18-10(4)6-2/h7-10H,5-6H2,1-4H3. The van der Waals surface area contributed by atoms with Crippen molar-refractivity contribution in [3.63, 3.8) is 0 Å². The highest BCUT2D eigenvalue weighted by Gasteiger charge is 2.14. The maximum Gasteiger partial charge on any atom is 0.162 e. The highest BCUT2D eigenvalue weighted by atomic mass is 79.9. The molecule has 2 unspecified atom stereocenters. The van der Waals surface area contributed by atoms with E-state index in [2.05, 4.69) is 59.6 Å². The molecule has 18 heavy (non-hydrogen) atoms. The Bertz CT molecular complexity index is 357. The Morgan fingerprint density at radius 3 is 1.50 bits per heavy atom. The molecule has 0 aliphatic carbocycles. The zero-order valence-electron chi connectivity index (χ0n) is 11.3. The molecule has 0 aromatic heterocycles. The van der Waals surface area contributed by atoms with E-state index in [0.29, 0.717) is 0 Å². The lowest BCUT2D eigenvalue weighted by Crippen LogP contribution is -2.14. The number of hydrogen-bond acceptors (Lipinski definition) is 2. The Morgan fingerprint density at radius 1 is 0.889 bits per heavy atom. The van der Waals surface area contributed by atoms with Crippen LogP contribution in [0.5, 0.6) is 11.5 Å². The minimum atomic E-state index is 0.178. The number of halogens is 2. The highest BCUT2D eigenvalue weighted by molar-refractivity contribution is 9.13. The highest BCUT2D eigenvalue weighted by Crippen LogP contribution is 2.37. The molecule has 0 bridgehead atoms. The van der Waals surface area contributed by atoms with E-state index in [4.69, 9.17) is 9.47 Å². The van der Waals surface area contributed by atoms with Crippen molar-refractivity contribution in [2.24, 2.45) is 0 Å². The molecule has 0 amide bonds. The summed E-state index contributed by atoms with van der Waals surface area (Å²) in [4.78, 5) is 0. The minimum Gasteiger partial charge on any atom is -0.487 e. The predicted octanol–water partition coefficient (Wildman–Crippen LogP) is 5.57. The zero-order chi connectivity index (χ0) is 13.7. The molecule has 0 N–H and O–H groups in total. The van der Waals surface area contributed by atoms with Gasteiger partial charge in [0.05, 0.1) is 12.2 Å². The quantitative estimate of drug-likeness (QED) is 0.643. The summed E-state index contributed by atoms with van der Waals surface area (Å²) in [6.07, 6.45) is 2.29. The molecule has 0 fully saturated rings. The molecule has 2 atom stereocenters. The first-order chi connectivity index (χ1) is 8.47. The van der Waals surface area contributed by atoms with E-state index in [9.17, 15) is 0 Å². The second-order valence-corrected chi connectivity index (χ2v) is 6.10. The first kappa shape index (κ1) is 15.8. The second kappa shape index (κ2) is 7.39. The van der Waals surface area contributed by atoms with E-state index in [-0.39, 0.29) is 12.2 Å². The Kier molecular flexibility index (Phi) is 6.50. The molecule has 0 saturated heterocycles. The first-order valence-electron chi connectivity index (χ1n) is 6.30. The maximum atomic E-state index is 5.90. The topological polar surface area (TPSA) is 18.5 Å². The van der Waals surface area contributed by atoms with Gasteiger partial charge in [0.2, 0.25) is 0 Å². The van der Waals surface area contributed by atoms with Crippen LogP contribution >= 0.6 is 31.9 Å². The van der Waals surface area contributed by atoms with Crippen molar-refractivity contribution in [2.75, 3.05) is 0 Å². The fourth-order valence-electron chi connectivity index (χ4n) is 1.29. The fraction of sp³-hybridized carbons (Fsp3) is 0.571. The summed E-state index contributed by atoms with van der Waals surface area (Å²) in [7, 11) is 0. The summed E-state index contributed by atoms with van der Waals surface area (Å²) >= 11 is 6.99. The average Bonchev–Trinajstić information content (AvgIpc) is 2.34. The molecular formula is C14H20Br2O2. The van der Waals surface area contributed by atoms with Gasteiger partial charge in [0.1, 0.15) is 0 Å². The first-order valence-corrected chi connectivity index (χ1v) is 7.88. The molecule has 0 saturated carbocycles. The van der Waals surface area contributed by atoms with Crippen LogP contribution in [0.1, 0.15) is 40.5 Å².